The average molecular weight is 342 g/mol. The summed E-state index contributed by atoms with van der Waals surface area (Å²) in [5.41, 5.74) is -0.217. The summed E-state index contributed by atoms with van der Waals surface area (Å²) in [5, 5.41) is 2.78. The first kappa shape index (κ1) is 17.9. The molecule has 0 unspecified atom stereocenters. The minimum Gasteiger partial charge on any atom is -0.349 e. The molecule has 1 fully saturated rings. The molecule has 0 bridgehead atoms. The monoisotopic (exact) mass is 342 g/mol. The molecule has 0 saturated heterocycles. The van der Waals surface area contributed by atoms with Crippen LogP contribution in [0.1, 0.15) is 49.9 Å². The summed E-state index contributed by atoms with van der Waals surface area (Å²) < 4.78 is 40.2. The van der Waals surface area contributed by atoms with E-state index in [1.54, 1.807) is 13.8 Å². The summed E-state index contributed by atoms with van der Waals surface area (Å²) in [7, 11) is -3.71. The van der Waals surface area contributed by atoms with Gasteiger partial charge in [-0.05, 0) is 31.0 Å². The Kier molecular flexibility index (Phi) is 5.75. The zero-order valence-electron chi connectivity index (χ0n) is 13.5. The largest absolute Gasteiger partial charge is 0.349 e. The Labute approximate surface area is 136 Å². The molecule has 5 nitrogen and oxygen atoms in total. The molecule has 1 aliphatic carbocycles. The van der Waals surface area contributed by atoms with Crippen molar-refractivity contribution in [2.75, 3.05) is 13.1 Å². The second kappa shape index (κ2) is 7.40. The Morgan fingerprint density at radius 3 is 2.43 bits per heavy atom. The fraction of sp³-hybridized carbons (Fsp3) is 0.562. The van der Waals surface area contributed by atoms with Crippen LogP contribution in [-0.4, -0.2) is 37.8 Å². The molecule has 0 aromatic heterocycles. The maximum absolute atomic E-state index is 14.0. The van der Waals surface area contributed by atoms with Crippen molar-refractivity contribution in [3.05, 3.63) is 29.6 Å². The Balaban J connectivity index is 2.29. The number of nitrogens with zero attached hydrogens (tertiary/aromatic N) is 1. The van der Waals surface area contributed by atoms with Crippen molar-refractivity contribution in [3.8, 4) is 0 Å². The SMILES string of the molecule is CCN(CC)S(=O)(=O)c1ccc(F)c(C(=O)NC2CCCC2)c1. The molecule has 23 heavy (non-hydrogen) atoms. The predicted molar refractivity (Wildman–Crippen MR) is 86.2 cm³/mol. The summed E-state index contributed by atoms with van der Waals surface area (Å²) >= 11 is 0. The fourth-order valence-corrected chi connectivity index (χ4v) is 4.37. The first-order valence-corrected chi connectivity index (χ1v) is 9.44. The van der Waals surface area contributed by atoms with Crippen molar-refractivity contribution in [1.29, 1.82) is 0 Å². The fourth-order valence-electron chi connectivity index (χ4n) is 2.88. The number of benzene rings is 1. The van der Waals surface area contributed by atoms with E-state index < -0.39 is 21.7 Å². The number of hydrogen-bond donors (Lipinski definition) is 1. The van der Waals surface area contributed by atoms with E-state index in [9.17, 15) is 17.6 Å². The Morgan fingerprint density at radius 2 is 1.87 bits per heavy atom. The minimum absolute atomic E-state index is 0.0462. The third-order valence-electron chi connectivity index (χ3n) is 4.22. The van der Waals surface area contributed by atoms with Crippen LogP contribution in [0.25, 0.3) is 0 Å². The van der Waals surface area contributed by atoms with E-state index in [0.717, 1.165) is 37.8 Å². The van der Waals surface area contributed by atoms with Gasteiger partial charge in [-0.25, -0.2) is 12.8 Å². The van der Waals surface area contributed by atoms with Crippen LogP contribution < -0.4 is 5.32 Å². The van der Waals surface area contributed by atoms with Gasteiger partial charge in [0.25, 0.3) is 5.91 Å². The molecule has 0 atom stereocenters. The molecule has 7 heteroatoms. The van der Waals surface area contributed by atoms with E-state index in [2.05, 4.69) is 5.32 Å². The lowest BCUT2D eigenvalue weighted by Crippen LogP contribution is -2.34. The van der Waals surface area contributed by atoms with Crippen molar-refractivity contribution in [3.63, 3.8) is 0 Å². The lowest BCUT2D eigenvalue weighted by atomic mass is 10.1. The van der Waals surface area contributed by atoms with Crippen molar-refractivity contribution >= 4 is 15.9 Å². The molecular formula is C16H23FN2O3S. The van der Waals surface area contributed by atoms with Gasteiger partial charge >= 0.3 is 0 Å². The molecule has 1 saturated carbocycles. The number of carbonyl (C=O) groups is 1. The molecule has 1 amide bonds. The molecule has 0 spiro atoms. The van der Waals surface area contributed by atoms with Crippen LogP contribution in [0.4, 0.5) is 4.39 Å². The van der Waals surface area contributed by atoms with Crippen LogP contribution in [0.5, 0.6) is 0 Å². The maximum Gasteiger partial charge on any atom is 0.254 e. The highest BCUT2D eigenvalue weighted by Crippen LogP contribution is 2.21. The second-order valence-electron chi connectivity index (χ2n) is 5.69. The van der Waals surface area contributed by atoms with E-state index in [-0.39, 0.29) is 16.5 Å². The molecule has 0 radical (unpaired) electrons. The number of sulfonamides is 1. The smallest absolute Gasteiger partial charge is 0.254 e. The van der Waals surface area contributed by atoms with Crippen LogP contribution >= 0.6 is 0 Å². The van der Waals surface area contributed by atoms with Gasteiger partial charge in [0, 0.05) is 19.1 Å². The maximum atomic E-state index is 14.0. The van der Waals surface area contributed by atoms with Crippen molar-refractivity contribution < 1.29 is 17.6 Å². The first-order valence-electron chi connectivity index (χ1n) is 8.00. The molecule has 1 N–H and O–H groups in total. The number of hydrogen-bond acceptors (Lipinski definition) is 3. The first-order chi connectivity index (χ1) is 10.9. The predicted octanol–water partition coefficient (Wildman–Crippen LogP) is 2.53. The molecule has 1 aliphatic rings. The quantitative estimate of drug-likeness (QED) is 0.864. The minimum atomic E-state index is -3.71. The molecule has 1 aromatic carbocycles. The van der Waals surface area contributed by atoms with E-state index in [0.29, 0.717) is 13.1 Å². The lowest BCUT2D eigenvalue weighted by Gasteiger charge is -2.19. The number of amides is 1. The van der Waals surface area contributed by atoms with Gasteiger partial charge in [-0.15, -0.1) is 0 Å². The van der Waals surface area contributed by atoms with Gasteiger partial charge in [0.2, 0.25) is 10.0 Å². The molecule has 1 aromatic rings. The zero-order valence-corrected chi connectivity index (χ0v) is 14.3. The molecule has 128 valence electrons. The summed E-state index contributed by atoms with van der Waals surface area (Å²) in [6, 6.07) is 3.42. The zero-order chi connectivity index (χ0) is 17.0. The number of carbonyl (C=O) groups excluding carboxylic acids is 1. The Morgan fingerprint density at radius 1 is 1.26 bits per heavy atom. The van der Waals surface area contributed by atoms with Gasteiger partial charge in [0.15, 0.2) is 0 Å². The number of halogens is 1. The van der Waals surface area contributed by atoms with Gasteiger partial charge in [-0.1, -0.05) is 26.7 Å². The third-order valence-corrected chi connectivity index (χ3v) is 6.26. The van der Waals surface area contributed by atoms with Crippen LogP contribution in [0.3, 0.4) is 0 Å². The highest BCUT2D eigenvalue weighted by molar-refractivity contribution is 7.89. The summed E-state index contributed by atoms with van der Waals surface area (Å²) in [6.45, 7) is 4.11. The molecule has 0 heterocycles. The highest BCUT2D eigenvalue weighted by atomic mass is 32.2. The number of nitrogens with one attached hydrogen (secondary N) is 1. The van der Waals surface area contributed by atoms with E-state index in [1.165, 1.54) is 10.4 Å². The summed E-state index contributed by atoms with van der Waals surface area (Å²) in [6.07, 6.45) is 3.85. The van der Waals surface area contributed by atoms with E-state index in [1.807, 2.05) is 0 Å². The van der Waals surface area contributed by atoms with Crippen molar-refractivity contribution in [1.82, 2.24) is 9.62 Å². The molecule has 2 rings (SSSR count). The number of rotatable bonds is 6. The van der Waals surface area contributed by atoms with Gasteiger partial charge in [0.1, 0.15) is 5.82 Å². The van der Waals surface area contributed by atoms with Crippen molar-refractivity contribution in [2.45, 2.75) is 50.5 Å². The van der Waals surface area contributed by atoms with Gasteiger partial charge in [-0.3, -0.25) is 4.79 Å². The van der Waals surface area contributed by atoms with Gasteiger partial charge < -0.3 is 5.32 Å². The topological polar surface area (TPSA) is 66.5 Å². The lowest BCUT2D eigenvalue weighted by molar-refractivity contribution is 0.0933. The Bertz CT molecular complexity index is 666. The normalized spacial score (nSPS) is 16.0. The standard InChI is InChI=1S/C16H23FN2O3S/c1-3-19(4-2)23(21,22)13-9-10-15(17)14(11-13)16(20)18-12-7-5-6-8-12/h9-12H,3-8H2,1-2H3,(H,18,20). The Hall–Kier alpha value is -1.47. The average Bonchev–Trinajstić information content (AvgIpc) is 3.01. The molecular weight excluding hydrogens is 319 g/mol. The molecule has 0 aliphatic heterocycles. The van der Waals surface area contributed by atoms with Crippen LogP contribution in [-0.2, 0) is 10.0 Å². The summed E-state index contributed by atoms with van der Waals surface area (Å²) in [5.74, 6) is -1.26. The van der Waals surface area contributed by atoms with Crippen molar-refractivity contribution in [2.24, 2.45) is 0 Å². The van der Waals surface area contributed by atoms with Gasteiger partial charge in [-0.2, -0.15) is 4.31 Å². The second-order valence-corrected chi connectivity index (χ2v) is 7.62. The van der Waals surface area contributed by atoms with Gasteiger partial charge in [0.05, 0.1) is 10.5 Å². The summed E-state index contributed by atoms with van der Waals surface area (Å²) in [4.78, 5) is 12.2. The third kappa shape index (κ3) is 3.90. The van der Waals surface area contributed by atoms with E-state index in [4.69, 9.17) is 0 Å². The van der Waals surface area contributed by atoms with Crippen LogP contribution in [0.15, 0.2) is 23.1 Å². The van der Waals surface area contributed by atoms with Crippen LogP contribution in [0.2, 0.25) is 0 Å². The highest BCUT2D eigenvalue weighted by Gasteiger charge is 2.25. The van der Waals surface area contributed by atoms with E-state index >= 15 is 0 Å². The van der Waals surface area contributed by atoms with Crippen LogP contribution in [0, 0.1) is 5.82 Å².